The summed E-state index contributed by atoms with van der Waals surface area (Å²) >= 11 is 0. The summed E-state index contributed by atoms with van der Waals surface area (Å²) in [7, 11) is 3.05. The number of hydrogen-bond donors (Lipinski definition) is 1. The number of Topliss-reactive ketones (excluding diaryl/α,β-unsaturated/α-hetero) is 1. The maximum Gasteiger partial charge on any atom is 0.295 e. The highest BCUT2D eigenvalue weighted by Crippen LogP contribution is 2.43. The lowest BCUT2D eigenvalue weighted by Gasteiger charge is -2.26. The summed E-state index contributed by atoms with van der Waals surface area (Å²) in [4.78, 5) is 28.2. The highest BCUT2D eigenvalue weighted by molar-refractivity contribution is 6.46. The van der Waals surface area contributed by atoms with Crippen molar-refractivity contribution in [3.05, 3.63) is 89.0 Å². The Hall–Kier alpha value is -4.46. The van der Waals surface area contributed by atoms with E-state index in [1.807, 2.05) is 30.3 Å². The minimum absolute atomic E-state index is 0.00181. The Morgan fingerprint density at radius 1 is 0.919 bits per heavy atom. The molecular weight excluding hydrogens is 474 g/mol. The first-order valence-electron chi connectivity index (χ1n) is 12.0. The van der Waals surface area contributed by atoms with E-state index in [4.69, 9.17) is 18.9 Å². The van der Waals surface area contributed by atoms with E-state index in [1.165, 1.54) is 19.1 Å². The third kappa shape index (κ3) is 4.58. The van der Waals surface area contributed by atoms with Crippen LogP contribution in [0.4, 0.5) is 0 Å². The van der Waals surface area contributed by atoms with Crippen LogP contribution in [-0.2, 0) is 16.0 Å². The van der Waals surface area contributed by atoms with Gasteiger partial charge in [-0.15, -0.1) is 0 Å². The number of carbonyl (C=O) groups is 2. The number of ether oxygens (including phenoxy) is 4. The molecule has 190 valence electrons. The SMILES string of the molecule is COc1ccc([C@H]2/C(=C(\O)c3ccc4c(c3)OCCO4)C(=O)C(=O)N2CCc2ccccc2)cc1OC. The highest BCUT2D eigenvalue weighted by Gasteiger charge is 2.46. The lowest BCUT2D eigenvalue weighted by Crippen LogP contribution is -2.31. The van der Waals surface area contributed by atoms with E-state index in [1.54, 1.807) is 36.4 Å². The number of hydrogen-bond acceptors (Lipinski definition) is 7. The van der Waals surface area contributed by atoms with E-state index in [9.17, 15) is 14.7 Å². The lowest BCUT2D eigenvalue weighted by atomic mass is 9.94. The number of likely N-dealkylation sites (tertiary alicyclic amines) is 1. The van der Waals surface area contributed by atoms with Crippen molar-refractivity contribution in [2.24, 2.45) is 0 Å². The fourth-order valence-corrected chi connectivity index (χ4v) is 4.72. The average molecular weight is 502 g/mol. The molecule has 0 spiro atoms. The zero-order valence-electron chi connectivity index (χ0n) is 20.6. The normalized spacial score (nSPS) is 18.1. The van der Waals surface area contributed by atoms with Crippen molar-refractivity contribution in [2.45, 2.75) is 12.5 Å². The molecular formula is C29H27NO7. The number of rotatable bonds is 7. The van der Waals surface area contributed by atoms with E-state index in [0.717, 1.165) is 5.56 Å². The average Bonchev–Trinajstić information content (AvgIpc) is 3.20. The summed E-state index contributed by atoms with van der Waals surface area (Å²) in [5, 5.41) is 11.4. The van der Waals surface area contributed by atoms with Crippen molar-refractivity contribution < 1.29 is 33.6 Å². The van der Waals surface area contributed by atoms with Gasteiger partial charge in [0.05, 0.1) is 25.8 Å². The van der Waals surface area contributed by atoms with Gasteiger partial charge in [-0.05, 0) is 47.9 Å². The minimum Gasteiger partial charge on any atom is -0.507 e. The van der Waals surface area contributed by atoms with Crippen LogP contribution in [0.25, 0.3) is 5.76 Å². The Kier molecular flexibility index (Phi) is 6.72. The molecule has 3 aromatic rings. The van der Waals surface area contributed by atoms with Gasteiger partial charge in [0.15, 0.2) is 23.0 Å². The van der Waals surface area contributed by atoms with Gasteiger partial charge in [0.1, 0.15) is 19.0 Å². The third-order valence-electron chi connectivity index (χ3n) is 6.56. The fraction of sp³-hybridized carbons (Fsp3) is 0.241. The van der Waals surface area contributed by atoms with Crippen LogP contribution < -0.4 is 18.9 Å². The van der Waals surface area contributed by atoms with Gasteiger partial charge in [-0.2, -0.15) is 0 Å². The zero-order valence-corrected chi connectivity index (χ0v) is 20.6. The van der Waals surface area contributed by atoms with Crippen molar-refractivity contribution in [3.8, 4) is 23.0 Å². The summed E-state index contributed by atoms with van der Waals surface area (Å²) in [6.45, 7) is 1.10. The summed E-state index contributed by atoms with van der Waals surface area (Å²) in [6.07, 6.45) is 0.543. The van der Waals surface area contributed by atoms with E-state index in [0.29, 0.717) is 53.8 Å². The first-order valence-corrected chi connectivity index (χ1v) is 12.0. The second-order valence-electron chi connectivity index (χ2n) is 8.70. The molecule has 5 rings (SSSR count). The molecule has 0 unspecified atom stereocenters. The number of ketones is 1. The van der Waals surface area contributed by atoms with E-state index in [2.05, 4.69) is 0 Å². The second-order valence-corrected chi connectivity index (χ2v) is 8.70. The predicted octanol–water partition coefficient (Wildman–Crippen LogP) is 4.14. The number of amides is 1. The van der Waals surface area contributed by atoms with Crippen LogP contribution in [0.15, 0.2) is 72.3 Å². The van der Waals surface area contributed by atoms with Gasteiger partial charge < -0.3 is 29.0 Å². The molecule has 8 heteroatoms. The molecule has 3 aromatic carbocycles. The van der Waals surface area contributed by atoms with Gasteiger partial charge >= 0.3 is 0 Å². The zero-order chi connectivity index (χ0) is 25.9. The number of benzene rings is 3. The number of carbonyl (C=O) groups excluding carboxylic acids is 2. The maximum atomic E-state index is 13.4. The quantitative estimate of drug-likeness (QED) is 0.295. The number of aliphatic hydroxyl groups excluding tert-OH is 1. The third-order valence-corrected chi connectivity index (χ3v) is 6.56. The monoisotopic (exact) mass is 501 g/mol. The molecule has 0 radical (unpaired) electrons. The number of aliphatic hydroxyl groups is 1. The second kappa shape index (κ2) is 10.3. The molecule has 2 aliphatic heterocycles. The molecule has 0 saturated carbocycles. The molecule has 2 aliphatic rings. The van der Waals surface area contributed by atoms with Crippen molar-refractivity contribution >= 4 is 17.4 Å². The van der Waals surface area contributed by atoms with Gasteiger partial charge in [-0.3, -0.25) is 9.59 Å². The Bertz CT molecular complexity index is 1370. The molecule has 1 N–H and O–H groups in total. The maximum absolute atomic E-state index is 13.4. The Balaban J connectivity index is 1.60. The minimum atomic E-state index is -0.822. The molecule has 8 nitrogen and oxygen atoms in total. The van der Waals surface area contributed by atoms with Gasteiger partial charge in [-0.25, -0.2) is 0 Å². The summed E-state index contributed by atoms with van der Waals surface area (Å²) in [6, 6.07) is 19.0. The smallest absolute Gasteiger partial charge is 0.295 e. The van der Waals surface area contributed by atoms with Crippen molar-refractivity contribution in [1.82, 2.24) is 4.90 Å². The Labute approximate surface area is 214 Å². The number of fused-ring (bicyclic) bond motifs is 1. The van der Waals surface area contributed by atoms with Crippen LogP contribution >= 0.6 is 0 Å². The molecule has 1 amide bonds. The van der Waals surface area contributed by atoms with E-state index in [-0.39, 0.29) is 17.9 Å². The van der Waals surface area contributed by atoms with Crippen LogP contribution in [0.2, 0.25) is 0 Å². The van der Waals surface area contributed by atoms with Gasteiger partial charge in [0, 0.05) is 12.1 Å². The van der Waals surface area contributed by atoms with Crippen LogP contribution in [0.3, 0.4) is 0 Å². The highest BCUT2D eigenvalue weighted by atomic mass is 16.6. The topological polar surface area (TPSA) is 94.5 Å². The largest absolute Gasteiger partial charge is 0.507 e. The summed E-state index contributed by atoms with van der Waals surface area (Å²) < 4.78 is 22.1. The first-order chi connectivity index (χ1) is 18.0. The van der Waals surface area contributed by atoms with E-state index < -0.39 is 17.7 Å². The summed E-state index contributed by atoms with van der Waals surface area (Å²) in [5.74, 6) is 0.290. The van der Waals surface area contributed by atoms with Crippen LogP contribution in [0.5, 0.6) is 23.0 Å². The molecule has 1 saturated heterocycles. The first kappa shape index (κ1) is 24.2. The lowest BCUT2D eigenvalue weighted by molar-refractivity contribution is -0.139. The fourth-order valence-electron chi connectivity index (χ4n) is 4.72. The molecule has 2 heterocycles. The predicted molar refractivity (Wildman–Crippen MR) is 136 cm³/mol. The Morgan fingerprint density at radius 3 is 2.38 bits per heavy atom. The van der Waals surface area contributed by atoms with Gasteiger partial charge in [-0.1, -0.05) is 36.4 Å². The summed E-state index contributed by atoms with van der Waals surface area (Å²) in [5.41, 5.74) is 2.00. The van der Waals surface area contributed by atoms with Crippen molar-refractivity contribution in [1.29, 1.82) is 0 Å². The molecule has 0 aliphatic carbocycles. The number of methoxy groups -OCH3 is 2. The van der Waals surface area contributed by atoms with Gasteiger partial charge in [0.2, 0.25) is 0 Å². The van der Waals surface area contributed by atoms with E-state index >= 15 is 0 Å². The van der Waals surface area contributed by atoms with Crippen LogP contribution in [-0.4, -0.2) is 55.7 Å². The van der Waals surface area contributed by atoms with Gasteiger partial charge in [0.25, 0.3) is 11.7 Å². The van der Waals surface area contributed by atoms with Crippen LogP contribution in [0.1, 0.15) is 22.7 Å². The molecule has 1 fully saturated rings. The molecule has 1 atom stereocenters. The molecule has 0 aromatic heterocycles. The standard InChI is InChI=1S/C29H27NO7/c1-34-21-10-8-19(16-23(21)35-2)26-25(27(31)20-9-11-22-24(17-20)37-15-14-36-22)28(32)29(33)30(26)13-12-18-6-4-3-5-7-18/h3-11,16-17,26,31H,12-15H2,1-2H3/b27-25+/t26-/m0/s1. The Morgan fingerprint density at radius 2 is 1.65 bits per heavy atom. The molecule has 37 heavy (non-hydrogen) atoms. The number of nitrogens with zero attached hydrogens (tertiary/aromatic N) is 1. The van der Waals surface area contributed by atoms with Crippen molar-refractivity contribution in [3.63, 3.8) is 0 Å². The molecule has 0 bridgehead atoms. The van der Waals surface area contributed by atoms with Crippen molar-refractivity contribution in [2.75, 3.05) is 34.0 Å². The van der Waals surface area contributed by atoms with Crippen LogP contribution in [0, 0.1) is 0 Å².